The van der Waals surface area contributed by atoms with Gasteiger partial charge in [-0.1, -0.05) is 23.7 Å². The Balaban J connectivity index is 2.05. The number of fused-ring (bicyclic) bond motifs is 1. The topological polar surface area (TPSA) is 49.8 Å². The summed E-state index contributed by atoms with van der Waals surface area (Å²) in [7, 11) is 0. The molecule has 0 aliphatic carbocycles. The van der Waals surface area contributed by atoms with Gasteiger partial charge in [0.1, 0.15) is 11.0 Å². The molecule has 0 amide bonds. The Labute approximate surface area is 104 Å². The van der Waals surface area contributed by atoms with Gasteiger partial charge in [0, 0.05) is 25.0 Å². The number of piperazine rings is 1. The van der Waals surface area contributed by atoms with Crippen LogP contribution in [-0.2, 0) is 0 Å². The molecule has 1 saturated heterocycles. The summed E-state index contributed by atoms with van der Waals surface area (Å²) in [6, 6.07) is 7.95. The number of hydrogen-bond acceptors (Lipinski definition) is 4. The lowest BCUT2D eigenvalue weighted by molar-refractivity contribution is 0.416. The van der Waals surface area contributed by atoms with Gasteiger partial charge in [-0.2, -0.15) is 0 Å². The third-order valence-corrected chi connectivity index (χ3v) is 3.21. The molecule has 3 rings (SSSR count). The number of para-hydroxylation sites is 1. The Bertz CT molecular complexity index is 537. The molecule has 1 fully saturated rings. The summed E-state index contributed by atoms with van der Waals surface area (Å²) in [6.07, 6.45) is 0. The highest BCUT2D eigenvalue weighted by Crippen LogP contribution is 2.22. The average molecular weight is 249 g/mol. The van der Waals surface area contributed by atoms with Crippen molar-refractivity contribution in [2.24, 2.45) is 0 Å². The van der Waals surface area contributed by atoms with E-state index in [4.69, 9.17) is 11.6 Å². The van der Waals surface area contributed by atoms with Crippen LogP contribution in [0.15, 0.2) is 24.3 Å². The summed E-state index contributed by atoms with van der Waals surface area (Å²) < 4.78 is 0. The van der Waals surface area contributed by atoms with E-state index in [0.29, 0.717) is 5.15 Å². The summed E-state index contributed by atoms with van der Waals surface area (Å²) >= 11 is 6.18. The Morgan fingerprint density at radius 2 is 2.06 bits per heavy atom. The number of aromatic nitrogens is 2. The SMILES string of the molecule is Clc1nc(C2CNCCN2)nc2ccccc12. The zero-order valence-corrected chi connectivity index (χ0v) is 10.0. The summed E-state index contributed by atoms with van der Waals surface area (Å²) in [5.74, 6) is 0.765. The van der Waals surface area contributed by atoms with E-state index in [-0.39, 0.29) is 6.04 Å². The smallest absolute Gasteiger partial charge is 0.148 e. The zero-order valence-electron chi connectivity index (χ0n) is 9.28. The highest BCUT2D eigenvalue weighted by molar-refractivity contribution is 6.34. The standard InChI is InChI=1S/C12H13ClN4/c13-11-8-3-1-2-4-9(8)16-12(17-11)10-7-14-5-6-15-10/h1-4,10,14-15H,5-7H2. The number of rotatable bonds is 1. The molecular weight excluding hydrogens is 236 g/mol. The van der Waals surface area contributed by atoms with Gasteiger partial charge in [-0.15, -0.1) is 0 Å². The van der Waals surface area contributed by atoms with Gasteiger partial charge in [0.15, 0.2) is 0 Å². The van der Waals surface area contributed by atoms with Crippen LogP contribution in [-0.4, -0.2) is 29.6 Å². The molecule has 1 aromatic carbocycles. The first kappa shape index (κ1) is 10.9. The molecule has 2 aromatic rings. The van der Waals surface area contributed by atoms with Gasteiger partial charge in [0.25, 0.3) is 0 Å². The molecule has 1 unspecified atom stereocenters. The molecule has 4 nitrogen and oxygen atoms in total. The highest BCUT2D eigenvalue weighted by atomic mass is 35.5. The molecule has 5 heteroatoms. The average Bonchev–Trinajstić information content (AvgIpc) is 2.40. The number of benzene rings is 1. The van der Waals surface area contributed by atoms with Crippen LogP contribution >= 0.6 is 11.6 Å². The maximum absolute atomic E-state index is 6.18. The fraction of sp³-hybridized carbons (Fsp3) is 0.333. The first-order valence-electron chi connectivity index (χ1n) is 5.71. The number of nitrogens with zero attached hydrogens (tertiary/aromatic N) is 2. The van der Waals surface area contributed by atoms with Crippen LogP contribution in [0.25, 0.3) is 10.9 Å². The van der Waals surface area contributed by atoms with Crippen LogP contribution in [0.3, 0.4) is 0 Å². The largest absolute Gasteiger partial charge is 0.313 e. The van der Waals surface area contributed by atoms with Gasteiger partial charge in [0.2, 0.25) is 0 Å². The van der Waals surface area contributed by atoms with Gasteiger partial charge in [-0.3, -0.25) is 0 Å². The Morgan fingerprint density at radius 1 is 1.18 bits per heavy atom. The van der Waals surface area contributed by atoms with Crippen LogP contribution in [0.2, 0.25) is 5.15 Å². The second-order valence-electron chi connectivity index (χ2n) is 4.10. The van der Waals surface area contributed by atoms with Crippen molar-refractivity contribution in [1.82, 2.24) is 20.6 Å². The third kappa shape index (κ3) is 2.11. The van der Waals surface area contributed by atoms with Gasteiger partial charge in [-0.05, 0) is 12.1 Å². The van der Waals surface area contributed by atoms with Gasteiger partial charge >= 0.3 is 0 Å². The maximum atomic E-state index is 6.18. The molecule has 0 radical (unpaired) electrons. The van der Waals surface area contributed by atoms with E-state index in [2.05, 4.69) is 20.6 Å². The van der Waals surface area contributed by atoms with Gasteiger partial charge in [-0.25, -0.2) is 9.97 Å². The molecule has 1 aromatic heterocycles. The molecule has 88 valence electrons. The van der Waals surface area contributed by atoms with Crippen LogP contribution in [0.1, 0.15) is 11.9 Å². The fourth-order valence-corrected chi connectivity index (χ4v) is 2.29. The maximum Gasteiger partial charge on any atom is 0.148 e. The van der Waals surface area contributed by atoms with Crippen molar-refractivity contribution in [3.8, 4) is 0 Å². The predicted octanol–water partition coefficient (Wildman–Crippen LogP) is 1.52. The van der Waals surface area contributed by atoms with Crippen molar-refractivity contribution in [2.75, 3.05) is 19.6 Å². The number of hydrogen-bond donors (Lipinski definition) is 2. The monoisotopic (exact) mass is 248 g/mol. The van der Waals surface area contributed by atoms with Crippen molar-refractivity contribution < 1.29 is 0 Å². The number of nitrogens with one attached hydrogen (secondary N) is 2. The van der Waals surface area contributed by atoms with E-state index in [1.54, 1.807) is 0 Å². The molecule has 0 spiro atoms. The zero-order chi connectivity index (χ0) is 11.7. The minimum absolute atomic E-state index is 0.144. The Kier molecular flexibility index (Phi) is 2.93. The fourth-order valence-electron chi connectivity index (χ4n) is 2.05. The van der Waals surface area contributed by atoms with E-state index in [0.717, 1.165) is 36.4 Å². The van der Waals surface area contributed by atoms with Crippen LogP contribution in [0.4, 0.5) is 0 Å². The second-order valence-corrected chi connectivity index (χ2v) is 4.46. The van der Waals surface area contributed by atoms with Gasteiger partial charge in [0.05, 0.1) is 11.6 Å². The lowest BCUT2D eigenvalue weighted by atomic mass is 10.2. The van der Waals surface area contributed by atoms with Crippen molar-refractivity contribution in [2.45, 2.75) is 6.04 Å². The molecule has 0 bridgehead atoms. The third-order valence-electron chi connectivity index (χ3n) is 2.93. The van der Waals surface area contributed by atoms with Crippen molar-refractivity contribution in [1.29, 1.82) is 0 Å². The Morgan fingerprint density at radius 3 is 2.88 bits per heavy atom. The van der Waals surface area contributed by atoms with E-state index >= 15 is 0 Å². The lowest BCUT2D eigenvalue weighted by Crippen LogP contribution is -2.43. The molecule has 0 saturated carbocycles. The van der Waals surface area contributed by atoms with Gasteiger partial charge < -0.3 is 10.6 Å². The molecule has 1 aliphatic rings. The van der Waals surface area contributed by atoms with E-state index in [1.165, 1.54) is 0 Å². The summed E-state index contributed by atoms with van der Waals surface area (Å²) in [5.41, 5.74) is 0.898. The first-order chi connectivity index (χ1) is 8.34. The molecular formula is C12H13ClN4. The van der Waals surface area contributed by atoms with E-state index < -0.39 is 0 Å². The van der Waals surface area contributed by atoms with Crippen LogP contribution < -0.4 is 10.6 Å². The van der Waals surface area contributed by atoms with Crippen LogP contribution in [0, 0.1) is 0 Å². The van der Waals surface area contributed by atoms with Crippen molar-refractivity contribution >= 4 is 22.5 Å². The highest BCUT2D eigenvalue weighted by Gasteiger charge is 2.18. The minimum atomic E-state index is 0.144. The second kappa shape index (κ2) is 4.56. The minimum Gasteiger partial charge on any atom is -0.313 e. The molecule has 1 aliphatic heterocycles. The first-order valence-corrected chi connectivity index (χ1v) is 6.08. The molecule has 17 heavy (non-hydrogen) atoms. The molecule has 1 atom stereocenters. The summed E-state index contributed by atoms with van der Waals surface area (Å²) in [5, 5.41) is 8.13. The molecule has 2 N–H and O–H groups in total. The summed E-state index contributed by atoms with van der Waals surface area (Å²) in [4.78, 5) is 8.94. The van der Waals surface area contributed by atoms with E-state index in [9.17, 15) is 0 Å². The Hall–Kier alpha value is -1.23. The number of halogens is 1. The van der Waals surface area contributed by atoms with Crippen LogP contribution in [0.5, 0.6) is 0 Å². The van der Waals surface area contributed by atoms with Crippen molar-refractivity contribution in [3.05, 3.63) is 35.2 Å². The predicted molar refractivity (Wildman–Crippen MR) is 68.2 cm³/mol. The van der Waals surface area contributed by atoms with Crippen molar-refractivity contribution in [3.63, 3.8) is 0 Å². The normalized spacial score (nSPS) is 20.6. The lowest BCUT2D eigenvalue weighted by Gasteiger charge is -2.23. The summed E-state index contributed by atoms with van der Waals surface area (Å²) in [6.45, 7) is 2.75. The molecule has 2 heterocycles. The van der Waals surface area contributed by atoms with E-state index in [1.807, 2.05) is 24.3 Å². The quantitative estimate of drug-likeness (QED) is 0.752.